The molecule has 1 saturated heterocycles. The van der Waals surface area contributed by atoms with Gasteiger partial charge < -0.3 is 10.0 Å². The predicted molar refractivity (Wildman–Crippen MR) is 81.4 cm³/mol. The molecule has 2 aromatic rings. The van der Waals surface area contributed by atoms with Crippen molar-refractivity contribution in [2.24, 2.45) is 7.05 Å². The van der Waals surface area contributed by atoms with Crippen LogP contribution < -0.4 is 0 Å². The number of hydrogen-bond acceptors (Lipinski definition) is 4. The highest BCUT2D eigenvalue weighted by molar-refractivity contribution is 5.93. The molecular formula is C15H21N5O2. The van der Waals surface area contributed by atoms with E-state index in [1.165, 1.54) is 0 Å². The van der Waals surface area contributed by atoms with Gasteiger partial charge in [-0.15, -0.1) is 0 Å². The van der Waals surface area contributed by atoms with Gasteiger partial charge in [0.1, 0.15) is 5.69 Å². The lowest BCUT2D eigenvalue weighted by molar-refractivity contribution is 0.0469. The maximum absolute atomic E-state index is 12.5. The lowest BCUT2D eigenvalue weighted by atomic mass is 10.1. The molecule has 0 radical (unpaired) electrons. The minimum Gasteiger partial charge on any atom is -0.391 e. The van der Waals surface area contributed by atoms with E-state index < -0.39 is 6.10 Å². The Kier molecular flexibility index (Phi) is 3.74. The van der Waals surface area contributed by atoms with Gasteiger partial charge in [-0.2, -0.15) is 10.2 Å². The Labute approximate surface area is 128 Å². The van der Waals surface area contributed by atoms with Gasteiger partial charge in [0.05, 0.1) is 17.5 Å². The largest absolute Gasteiger partial charge is 0.391 e. The maximum atomic E-state index is 12.5. The van der Waals surface area contributed by atoms with Gasteiger partial charge >= 0.3 is 0 Å². The highest BCUT2D eigenvalue weighted by atomic mass is 16.3. The Bertz CT molecular complexity index is 703. The molecule has 0 saturated carbocycles. The van der Waals surface area contributed by atoms with Gasteiger partial charge in [0.2, 0.25) is 0 Å². The minimum atomic E-state index is -0.428. The van der Waals surface area contributed by atoms with E-state index in [1.807, 2.05) is 25.6 Å². The number of carbonyl (C=O) groups excluding carboxylic acids is 1. The van der Waals surface area contributed by atoms with Crippen molar-refractivity contribution in [3.8, 4) is 11.3 Å². The van der Waals surface area contributed by atoms with Crippen LogP contribution in [0.2, 0.25) is 0 Å². The number of piperidine rings is 1. The van der Waals surface area contributed by atoms with E-state index in [4.69, 9.17) is 0 Å². The number of carbonyl (C=O) groups is 1. The van der Waals surface area contributed by atoms with E-state index in [0.717, 1.165) is 35.5 Å². The third-order valence-corrected chi connectivity index (χ3v) is 4.26. The molecule has 1 fully saturated rings. The molecule has 22 heavy (non-hydrogen) atoms. The van der Waals surface area contributed by atoms with E-state index in [-0.39, 0.29) is 5.91 Å². The van der Waals surface area contributed by atoms with Crippen LogP contribution >= 0.6 is 0 Å². The minimum absolute atomic E-state index is 0.114. The summed E-state index contributed by atoms with van der Waals surface area (Å²) < 4.78 is 1.81. The van der Waals surface area contributed by atoms with Crippen molar-refractivity contribution in [1.29, 1.82) is 0 Å². The standard InChI is InChI=1S/C15H21N5O2/c1-9-14(10(2)19(3)18-9)12-7-13(17-16-12)15(22)20-6-4-5-11(21)8-20/h7,11,21H,4-6,8H2,1-3H3,(H,16,17). The van der Waals surface area contributed by atoms with Crippen molar-refractivity contribution in [3.63, 3.8) is 0 Å². The number of amides is 1. The number of hydrogen-bond donors (Lipinski definition) is 2. The molecule has 7 heteroatoms. The van der Waals surface area contributed by atoms with Gasteiger partial charge in [-0.3, -0.25) is 14.6 Å². The molecule has 1 atom stereocenters. The van der Waals surface area contributed by atoms with E-state index >= 15 is 0 Å². The second-order valence-corrected chi connectivity index (χ2v) is 5.88. The van der Waals surface area contributed by atoms with Gasteiger partial charge in [-0.05, 0) is 32.8 Å². The monoisotopic (exact) mass is 303 g/mol. The zero-order chi connectivity index (χ0) is 15.9. The fourth-order valence-corrected chi connectivity index (χ4v) is 3.01. The fraction of sp³-hybridized carbons (Fsp3) is 0.533. The first-order valence-electron chi connectivity index (χ1n) is 7.50. The van der Waals surface area contributed by atoms with E-state index in [9.17, 15) is 9.90 Å². The molecule has 0 spiro atoms. The summed E-state index contributed by atoms with van der Waals surface area (Å²) >= 11 is 0. The van der Waals surface area contributed by atoms with Crippen molar-refractivity contribution in [1.82, 2.24) is 24.9 Å². The van der Waals surface area contributed by atoms with Gasteiger partial charge in [0.15, 0.2) is 0 Å². The van der Waals surface area contributed by atoms with Crippen molar-refractivity contribution in [2.45, 2.75) is 32.8 Å². The summed E-state index contributed by atoms with van der Waals surface area (Å²) in [7, 11) is 1.89. The lowest BCUT2D eigenvalue weighted by Crippen LogP contribution is -2.42. The molecule has 3 heterocycles. The first kappa shape index (κ1) is 14.8. The molecule has 0 aliphatic carbocycles. The second-order valence-electron chi connectivity index (χ2n) is 5.88. The Balaban J connectivity index is 1.86. The predicted octanol–water partition coefficient (Wildman–Crippen LogP) is 1.02. The average molecular weight is 303 g/mol. The highest BCUT2D eigenvalue weighted by Crippen LogP contribution is 2.25. The van der Waals surface area contributed by atoms with Crippen LogP contribution in [0.5, 0.6) is 0 Å². The summed E-state index contributed by atoms with van der Waals surface area (Å²) in [6, 6.07) is 1.76. The van der Waals surface area contributed by atoms with Crippen molar-refractivity contribution >= 4 is 5.91 Å². The summed E-state index contributed by atoms with van der Waals surface area (Å²) in [5.41, 5.74) is 4.03. The number of aromatic amines is 1. The molecular weight excluding hydrogens is 282 g/mol. The average Bonchev–Trinajstić information content (AvgIpc) is 3.04. The second kappa shape index (κ2) is 5.57. The van der Waals surface area contributed by atoms with Gasteiger partial charge in [-0.1, -0.05) is 0 Å². The number of rotatable bonds is 2. The molecule has 2 aromatic heterocycles. The number of nitrogens with one attached hydrogen (secondary N) is 1. The molecule has 7 nitrogen and oxygen atoms in total. The summed E-state index contributed by atoms with van der Waals surface area (Å²) in [5.74, 6) is -0.114. The Morgan fingerprint density at radius 1 is 1.45 bits per heavy atom. The van der Waals surface area contributed by atoms with Gasteiger partial charge in [0.25, 0.3) is 5.91 Å². The number of H-pyrrole nitrogens is 1. The SMILES string of the molecule is Cc1nn(C)c(C)c1-c1cc(C(=O)N2CCCC(O)C2)[nH]n1. The van der Waals surface area contributed by atoms with Gasteiger partial charge in [0, 0.05) is 31.4 Å². The molecule has 1 aliphatic rings. The van der Waals surface area contributed by atoms with E-state index in [2.05, 4.69) is 15.3 Å². The molecule has 0 bridgehead atoms. The number of aliphatic hydroxyl groups excluding tert-OH is 1. The molecule has 1 amide bonds. The number of nitrogens with zero attached hydrogens (tertiary/aromatic N) is 4. The van der Waals surface area contributed by atoms with Crippen LogP contribution in [0.25, 0.3) is 11.3 Å². The molecule has 1 unspecified atom stereocenters. The maximum Gasteiger partial charge on any atom is 0.271 e. The summed E-state index contributed by atoms with van der Waals surface area (Å²) in [6.45, 7) is 4.97. The molecule has 0 aromatic carbocycles. The van der Waals surface area contributed by atoms with Crippen LogP contribution in [0.4, 0.5) is 0 Å². The zero-order valence-corrected chi connectivity index (χ0v) is 13.1. The number of aryl methyl sites for hydroxylation is 2. The first-order chi connectivity index (χ1) is 10.5. The van der Waals surface area contributed by atoms with Crippen molar-refractivity contribution in [2.75, 3.05) is 13.1 Å². The quantitative estimate of drug-likeness (QED) is 0.867. The van der Waals surface area contributed by atoms with Crippen LogP contribution in [0, 0.1) is 13.8 Å². The van der Waals surface area contributed by atoms with Crippen LogP contribution in [0.3, 0.4) is 0 Å². The van der Waals surface area contributed by atoms with E-state index in [1.54, 1.807) is 11.0 Å². The topological polar surface area (TPSA) is 87.0 Å². The zero-order valence-electron chi connectivity index (χ0n) is 13.1. The van der Waals surface area contributed by atoms with Crippen LogP contribution in [0.1, 0.15) is 34.7 Å². The van der Waals surface area contributed by atoms with E-state index in [0.29, 0.717) is 18.8 Å². The number of β-amino-alcohol motifs (C(OH)–C–C–N with tert-alkyl or cyclic N) is 1. The molecule has 118 valence electrons. The highest BCUT2D eigenvalue weighted by Gasteiger charge is 2.25. The number of likely N-dealkylation sites (tertiary alicyclic amines) is 1. The van der Waals surface area contributed by atoms with Crippen LogP contribution in [-0.4, -0.2) is 55.1 Å². The summed E-state index contributed by atoms with van der Waals surface area (Å²) in [4.78, 5) is 14.2. The van der Waals surface area contributed by atoms with Gasteiger partial charge in [-0.25, -0.2) is 0 Å². The Morgan fingerprint density at radius 3 is 2.86 bits per heavy atom. The Morgan fingerprint density at radius 2 is 2.23 bits per heavy atom. The molecule has 3 rings (SSSR count). The first-order valence-corrected chi connectivity index (χ1v) is 7.50. The summed E-state index contributed by atoms with van der Waals surface area (Å²) in [6.07, 6.45) is 1.16. The van der Waals surface area contributed by atoms with Crippen molar-refractivity contribution in [3.05, 3.63) is 23.1 Å². The summed E-state index contributed by atoms with van der Waals surface area (Å²) in [5, 5.41) is 21.2. The van der Waals surface area contributed by atoms with Crippen LogP contribution in [0.15, 0.2) is 6.07 Å². The lowest BCUT2D eigenvalue weighted by Gasteiger charge is -2.29. The molecule has 2 N–H and O–H groups in total. The normalized spacial score (nSPS) is 18.7. The third kappa shape index (κ3) is 2.52. The smallest absolute Gasteiger partial charge is 0.271 e. The van der Waals surface area contributed by atoms with Crippen molar-refractivity contribution < 1.29 is 9.90 Å². The van der Waals surface area contributed by atoms with Crippen LogP contribution in [-0.2, 0) is 7.05 Å². The number of aliphatic hydroxyl groups is 1. The molecule has 1 aliphatic heterocycles. The number of aromatic nitrogens is 4. The fourth-order valence-electron chi connectivity index (χ4n) is 3.01. The third-order valence-electron chi connectivity index (χ3n) is 4.26. The Hall–Kier alpha value is -2.15.